The molecule has 1 atom stereocenters. The van der Waals surface area contributed by atoms with E-state index in [0.717, 1.165) is 0 Å². The lowest BCUT2D eigenvalue weighted by Crippen LogP contribution is -2.06. The summed E-state index contributed by atoms with van der Waals surface area (Å²) in [5.41, 5.74) is 7.10. The van der Waals surface area contributed by atoms with Crippen molar-refractivity contribution in [3.8, 4) is 0 Å². The minimum Gasteiger partial charge on any atom is -0.398 e. The number of nitrogen functional groups attached to an aromatic ring is 1. The van der Waals surface area contributed by atoms with Crippen molar-refractivity contribution in [2.45, 2.75) is 12.5 Å². The molecule has 3 N–H and O–H groups in total. The van der Waals surface area contributed by atoms with E-state index in [9.17, 15) is 9.50 Å². The van der Waals surface area contributed by atoms with Crippen molar-refractivity contribution in [1.82, 2.24) is 0 Å². The molecule has 0 aliphatic carbocycles. The first kappa shape index (κ1) is 14.1. The third-order valence-electron chi connectivity index (χ3n) is 2.85. The van der Waals surface area contributed by atoms with E-state index >= 15 is 0 Å². The molecule has 2 rings (SSSR count). The lowest BCUT2D eigenvalue weighted by molar-refractivity contribution is 0.179. The van der Waals surface area contributed by atoms with Crippen LogP contribution in [0.15, 0.2) is 36.4 Å². The summed E-state index contributed by atoms with van der Waals surface area (Å²) in [5, 5.41) is 10.9. The Balaban J connectivity index is 2.28. The van der Waals surface area contributed by atoms with Gasteiger partial charge in [-0.05, 0) is 29.8 Å². The van der Waals surface area contributed by atoms with Crippen molar-refractivity contribution in [3.05, 3.63) is 63.4 Å². The van der Waals surface area contributed by atoms with Crippen LogP contribution >= 0.6 is 23.2 Å². The topological polar surface area (TPSA) is 46.2 Å². The lowest BCUT2D eigenvalue weighted by atomic mass is 10.00. The second kappa shape index (κ2) is 5.78. The highest BCUT2D eigenvalue weighted by Crippen LogP contribution is 2.30. The molecule has 0 aliphatic rings. The van der Waals surface area contributed by atoms with Gasteiger partial charge in [-0.3, -0.25) is 0 Å². The summed E-state index contributed by atoms with van der Waals surface area (Å²) in [4.78, 5) is 0. The van der Waals surface area contributed by atoms with Crippen LogP contribution in [0.3, 0.4) is 0 Å². The Morgan fingerprint density at radius 2 is 1.95 bits per heavy atom. The normalized spacial score (nSPS) is 12.4. The van der Waals surface area contributed by atoms with E-state index in [0.29, 0.717) is 26.9 Å². The number of aliphatic hydroxyl groups is 1. The number of anilines is 1. The van der Waals surface area contributed by atoms with Gasteiger partial charge in [0.25, 0.3) is 0 Å². The molecule has 100 valence electrons. The largest absolute Gasteiger partial charge is 0.398 e. The molecule has 5 heteroatoms. The summed E-state index contributed by atoms with van der Waals surface area (Å²) in [7, 11) is 0. The molecule has 2 nitrogen and oxygen atoms in total. The van der Waals surface area contributed by atoms with Gasteiger partial charge in [-0.2, -0.15) is 0 Å². The second-order valence-corrected chi connectivity index (χ2v) is 4.99. The van der Waals surface area contributed by atoms with Crippen molar-refractivity contribution >= 4 is 28.9 Å². The first-order valence-corrected chi connectivity index (χ1v) is 6.40. The highest BCUT2D eigenvalue weighted by atomic mass is 35.5. The number of hydrogen-bond acceptors (Lipinski definition) is 2. The third kappa shape index (κ3) is 3.18. The molecule has 0 heterocycles. The summed E-state index contributed by atoms with van der Waals surface area (Å²) in [6.45, 7) is 0. The Bertz CT molecular complexity index is 604. The molecule has 0 radical (unpaired) electrons. The number of aliphatic hydroxyl groups excluding tert-OH is 1. The van der Waals surface area contributed by atoms with Crippen LogP contribution in [0, 0.1) is 5.82 Å². The molecule has 0 aromatic heterocycles. The zero-order valence-electron chi connectivity index (χ0n) is 9.91. The van der Waals surface area contributed by atoms with Gasteiger partial charge in [-0.25, -0.2) is 4.39 Å². The number of rotatable bonds is 3. The fourth-order valence-corrected chi connectivity index (χ4v) is 2.26. The summed E-state index contributed by atoms with van der Waals surface area (Å²) in [5.74, 6) is -0.444. The van der Waals surface area contributed by atoms with E-state index in [1.54, 1.807) is 18.2 Å². The van der Waals surface area contributed by atoms with Crippen molar-refractivity contribution < 1.29 is 9.50 Å². The van der Waals surface area contributed by atoms with Crippen molar-refractivity contribution in [3.63, 3.8) is 0 Å². The van der Waals surface area contributed by atoms with Gasteiger partial charge in [-0.15, -0.1) is 0 Å². The Morgan fingerprint density at radius 3 is 2.68 bits per heavy atom. The first-order valence-electron chi connectivity index (χ1n) is 5.65. The number of nitrogens with two attached hydrogens (primary N) is 1. The molecule has 1 unspecified atom stereocenters. The van der Waals surface area contributed by atoms with Crippen LogP contribution in [0.5, 0.6) is 0 Å². The van der Waals surface area contributed by atoms with Crippen LogP contribution in [-0.2, 0) is 6.42 Å². The molecule has 0 amide bonds. The van der Waals surface area contributed by atoms with Gasteiger partial charge in [0.2, 0.25) is 0 Å². The molecule has 0 bridgehead atoms. The van der Waals surface area contributed by atoms with Gasteiger partial charge in [0.15, 0.2) is 0 Å². The van der Waals surface area contributed by atoms with Gasteiger partial charge in [0, 0.05) is 17.7 Å². The van der Waals surface area contributed by atoms with Gasteiger partial charge < -0.3 is 10.8 Å². The van der Waals surface area contributed by atoms with Gasteiger partial charge in [0.05, 0.1) is 16.1 Å². The highest BCUT2D eigenvalue weighted by molar-refractivity contribution is 6.42. The molecule has 0 saturated carbocycles. The second-order valence-electron chi connectivity index (χ2n) is 4.21. The van der Waals surface area contributed by atoms with Crippen molar-refractivity contribution in [1.29, 1.82) is 0 Å². The fraction of sp³-hybridized carbons (Fsp3) is 0.143. The number of hydrogen-bond donors (Lipinski definition) is 2. The van der Waals surface area contributed by atoms with Crippen LogP contribution < -0.4 is 5.73 Å². The molecule has 2 aromatic carbocycles. The van der Waals surface area contributed by atoms with Gasteiger partial charge >= 0.3 is 0 Å². The maximum absolute atomic E-state index is 13.2. The summed E-state index contributed by atoms with van der Waals surface area (Å²) in [6, 6.07) is 9.05. The molecule has 0 spiro atoms. The quantitative estimate of drug-likeness (QED) is 0.842. The zero-order chi connectivity index (χ0) is 14.0. The highest BCUT2D eigenvalue weighted by Gasteiger charge is 2.15. The minimum atomic E-state index is -0.938. The van der Waals surface area contributed by atoms with E-state index in [1.165, 1.54) is 18.2 Å². The maximum atomic E-state index is 13.2. The first-order chi connectivity index (χ1) is 8.99. The average Bonchev–Trinajstić information content (AvgIpc) is 2.38. The summed E-state index contributed by atoms with van der Waals surface area (Å²) < 4.78 is 13.2. The average molecular weight is 300 g/mol. The van der Waals surface area contributed by atoms with E-state index in [1.807, 2.05) is 0 Å². The Morgan fingerprint density at radius 1 is 1.21 bits per heavy atom. The maximum Gasteiger partial charge on any atom is 0.123 e. The lowest BCUT2D eigenvalue weighted by Gasteiger charge is -2.15. The molecule has 0 saturated heterocycles. The number of halogens is 3. The Labute approximate surface area is 120 Å². The summed E-state index contributed by atoms with van der Waals surface area (Å²) >= 11 is 11.9. The standard InChI is InChI=1S/C14H12Cl2FNO/c15-11-3-1-2-8(14(11)16)6-13(19)10-7-9(17)4-5-12(10)18/h1-5,7,13,19H,6,18H2. The Kier molecular flexibility index (Phi) is 4.30. The van der Waals surface area contributed by atoms with Crippen LogP contribution in [0.1, 0.15) is 17.2 Å². The van der Waals surface area contributed by atoms with Crippen LogP contribution in [0.25, 0.3) is 0 Å². The number of benzene rings is 2. The molecule has 0 fully saturated rings. The van der Waals surface area contributed by atoms with Crippen LogP contribution in [0.2, 0.25) is 10.0 Å². The van der Waals surface area contributed by atoms with Crippen LogP contribution in [0.4, 0.5) is 10.1 Å². The Hall–Kier alpha value is -1.29. The van der Waals surface area contributed by atoms with Crippen LogP contribution in [-0.4, -0.2) is 5.11 Å². The van der Waals surface area contributed by atoms with Gasteiger partial charge in [0.1, 0.15) is 5.82 Å². The fourth-order valence-electron chi connectivity index (χ4n) is 1.86. The molecular formula is C14H12Cl2FNO. The van der Waals surface area contributed by atoms with E-state index in [-0.39, 0.29) is 6.42 Å². The SMILES string of the molecule is Nc1ccc(F)cc1C(O)Cc1cccc(Cl)c1Cl. The predicted octanol–water partition coefficient (Wildman–Crippen LogP) is 3.99. The molecule has 0 aliphatic heterocycles. The minimum absolute atomic E-state index is 0.215. The summed E-state index contributed by atoms with van der Waals surface area (Å²) in [6.07, 6.45) is -0.723. The molecular weight excluding hydrogens is 288 g/mol. The van der Waals surface area contributed by atoms with E-state index in [2.05, 4.69) is 0 Å². The smallest absolute Gasteiger partial charge is 0.123 e. The van der Waals surface area contributed by atoms with Crippen molar-refractivity contribution in [2.75, 3.05) is 5.73 Å². The molecule has 19 heavy (non-hydrogen) atoms. The third-order valence-corrected chi connectivity index (χ3v) is 3.71. The van der Waals surface area contributed by atoms with Gasteiger partial charge in [-0.1, -0.05) is 35.3 Å². The van der Waals surface area contributed by atoms with Crippen molar-refractivity contribution in [2.24, 2.45) is 0 Å². The van der Waals surface area contributed by atoms with E-state index in [4.69, 9.17) is 28.9 Å². The molecule has 2 aromatic rings. The zero-order valence-corrected chi connectivity index (χ0v) is 11.4. The predicted molar refractivity (Wildman–Crippen MR) is 75.9 cm³/mol. The monoisotopic (exact) mass is 299 g/mol. The van der Waals surface area contributed by atoms with E-state index < -0.39 is 11.9 Å².